The van der Waals surface area contributed by atoms with Crippen LogP contribution in [0.3, 0.4) is 0 Å². The number of hydrogen-bond donors (Lipinski definition) is 2. The summed E-state index contributed by atoms with van der Waals surface area (Å²) in [6.07, 6.45) is 1.60. The number of aryl methyl sites for hydroxylation is 1. The number of carboxylic acid groups (broad SMARTS) is 2. The van der Waals surface area contributed by atoms with E-state index in [1.807, 2.05) is 19.9 Å². The van der Waals surface area contributed by atoms with Crippen molar-refractivity contribution in [2.45, 2.75) is 13.8 Å². The summed E-state index contributed by atoms with van der Waals surface area (Å²) >= 11 is 0. The van der Waals surface area contributed by atoms with Gasteiger partial charge < -0.3 is 19.5 Å². The molecular formula is C23H20N2O6. The minimum atomic E-state index is -1.21. The van der Waals surface area contributed by atoms with Gasteiger partial charge in [0.05, 0.1) is 29.5 Å². The van der Waals surface area contributed by atoms with Crippen molar-refractivity contribution in [3.63, 3.8) is 0 Å². The van der Waals surface area contributed by atoms with Crippen LogP contribution in [0.15, 0.2) is 53.5 Å². The van der Waals surface area contributed by atoms with Gasteiger partial charge in [-0.3, -0.25) is 4.99 Å². The lowest BCUT2D eigenvalue weighted by Gasteiger charge is -2.12. The number of aromatic nitrogens is 1. The van der Waals surface area contributed by atoms with E-state index in [0.29, 0.717) is 16.9 Å². The summed E-state index contributed by atoms with van der Waals surface area (Å²) in [6.45, 7) is 3.63. The Hall–Kier alpha value is -4.20. The molecule has 0 atom stereocenters. The van der Waals surface area contributed by atoms with Crippen LogP contribution in [0.4, 0.5) is 5.69 Å². The topological polar surface area (TPSA) is 118 Å². The molecule has 3 rings (SSSR count). The molecule has 0 spiro atoms. The number of hydrogen-bond acceptors (Lipinski definition) is 5. The van der Waals surface area contributed by atoms with Gasteiger partial charge in [0.15, 0.2) is 0 Å². The molecule has 0 aliphatic carbocycles. The quantitative estimate of drug-likeness (QED) is 0.459. The van der Waals surface area contributed by atoms with Gasteiger partial charge in [0, 0.05) is 28.9 Å². The second-order valence-electron chi connectivity index (χ2n) is 6.81. The van der Waals surface area contributed by atoms with Gasteiger partial charge in [-0.1, -0.05) is 12.1 Å². The first-order valence-electron chi connectivity index (χ1n) is 9.25. The number of aliphatic imine (C=N–C) groups is 1. The maximum absolute atomic E-state index is 11.9. The van der Waals surface area contributed by atoms with E-state index >= 15 is 0 Å². The second kappa shape index (κ2) is 8.66. The zero-order valence-electron chi connectivity index (χ0n) is 17.1. The summed E-state index contributed by atoms with van der Waals surface area (Å²) in [5.41, 5.74) is 3.18. The van der Waals surface area contributed by atoms with E-state index in [1.54, 1.807) is 35.0 Å². The third-order valence-corrected chi connectivity index (χ3v) is 4.79. The molecule has 2 N–H and O–H groups in total. The molecule has 1 heterocycles. The van der Waals surface area contributed by atoms with Crippen LogP contribution >= 0.6 is 0 Å². The van der Waals surface area contributed by atoms with Crippen molar-refractivity contribution in [3.05, 3.63) is 82.2 Å². The van der Waals surface area contributed by atoms with Crippen LogP contribution in [0.5, 0.6) is 0 Å². The smallest absolute Gasteiger partial charge is 0.340 e. The highest BCUT2D eigenvalue weighted by Gasteiger charge is 2.16. The molecule has 0 fully saturated rings. The molecule has 1 aromatic heterocycles. The van der Waals surface area contributed by atoms with Gasteiger partial charge in [0.1, 0.15) is 0 Å². The first kappa shape index (κ1) is 21.5. The highest BCUT2D eigenvalue weighted by molar-refractivity contribution is 5.97. The van der Waals surface area contributed by atoms with Crippen molar-refractivity contribution in [2.24, 2.45) is 4.99 Å². The molecule has 0 unspecified atom stereocenters. The third-order valence-electron chi connectivity index (χ3n) is 4.79. The van der Waals surface area contributed by atoms with Crippen LogP contribution in [0.1, 0.15) is 48.0 Å². The number of ether oxygens (including phenoxy) is 1. The normalized spacial score (nSPS) is 10.9. The minimum Gasteiger partial charge on any atom is -0.478 e. The van der Waals surface area contributed by atoms with E-state index in [0.717, 1.165) is 23.0 Å². The number of rotatable bonds is 6. The highest BCUT2D eigenvalue weighted by Crippen LogP contribution is 2.24. The van der Waals surface area contributed by atoms with E-state index in [2.05, 4.69) is 4.99 Å². The molecule has 0 saturated carbocycles. The van der Waals surface area contributed by atoms with Crippen molar-refractivity contribution < 1.29 is 29.3 Å². The standard InChI is InChI=1S/C23H20N2O6/c1-13-8-17(12-24-20-7-5-4-6-19(20)23(30)31-3)14(2)25(13)18-10-15(21(26)27)9-16(11-18)22(28)29/h4-12H,1-3H3,(H,26,27)(H,28,29). The summed E-state index contributed by atoms with van der Waals surface area (Å²) in [5, 5.41) is 18.7. The van der Waals surface area contributed by atoms with Crippen molar-refractivity contribution in [1.82, 2.24) is 4.57 Å². The number of benzene rings is 2. The fraction of sp³-hybridized carbons (Fsp3) is 0.130. The second-order valence-corrected chi connectivity index (χ2v) is 6.81. The van der Waals surface area contributed by atoms with Gasteiger partial charge in [-0.2, -0.15) is 0 Å². The van der Waals surface area contributed by atoms with Crippen LogP contribution in [0, 0.1) is 13.8 Å². The number of esters is 1. The summed E-state index contributed by atoms with van der Waals surface area (Å²) in [5.74, 6) is -2.93. The molecule has 2 aromatic carbocycles. The number of carboxylic acids is 2. The predicted molar refractivity (Wildman–Crippen MR) is 114 cm³/mol. The fourth-order valence-electron chi connectivity index (χ4n) is 3.31. The average Bonchev–Trinajstić information content (AvgIpc) is 3.04. The fourth-order valence-corrected chi connectivity index (χ4v) is 3.31. The van der Waals surface area contributed by atoms with E-state index in [-0.39, 0.29) is 11.1 Å². The Bertz CT molecular complexity index is 1190. The first-order valence-corrected chi connectivity index (χ1v) is 9.25. The van der Waals surface area contributed by atoms with Crippen LogP contribution < -0.4 is 0 Å². The molecule has 8 heteroatoms. The number of carbonyl (C=O) groups excluding carboxylic acids is 1. The molecule has 0 bridgehead atoms. The number of para-hydroxylation sites is 1. The molecule has 3 aromatic rings. The first-order chi connectivity index (χ1) is 14.7. The van der Waals surface area contributed by atoms with Gasteiger partial charge in [-0.05, 0) is 50.2 Å². The van der Waals surface area contributed by atoms with Crippen molar-refractivity contribution in [1.29, 1.82) is 0 Å². The average molecular weight is 420 g/mol. The van der Waals surface area contributed by atoms with Crippen LogP contribution in [-0.2, 0) is 4.74 Å². The Morgan fingerprint density at radius 1 is 0.968 bits per heavy atom. The van der Waals surface area contributed by atoms with Crippen molar-refractivity contribution in [3.8, 4) is 5.69 Å². The SMILES string of the molecule is COC(=O)c1ccccc1N=Cc1cc(C)n(-c2cc(C(=O)O)cc(C(=O)O)c2)c1C. The van der Waals surface area contributed by atoms with Crippen LogP contribution in [0.2, 0.25) is 0 Å². The highest BCUT2D eigenvalue weighted by atomic mass is 16.5. The Morgan fingerprint density at radius 3 is 2.16 bits per heavy atom. The van der Waals surface area contributed by atoms with Gasteiger partial charge >= 0.3 is 17.9 Å². The van der Waals surface area contributed by atoms with Crippen molar-refractivity contribution >= 4 is 29.8 Å². The lowest BCUT2D eigenvalue weighted by molar-refractivity contribution is 0.0599. The van der Waals surface area contributed by atoms with E-state index in [1.165, 1.54) is 19.2 Å². The summed E-state index contributed by atoms with van der Waals surface area (Å²) in [7, 11) is 1.30. The molecule has 0 amide bonds. The molecule has 0 aliphatic rings. The molecular weight excluding hydrogens is 400 g/mol. The monoisotopic (exact) mass is 420 g/mol. The molecule has 0 radical (unpaired) electrons. The Labute approximate surface area is 178 Å². The maximum atomic E-state index is 11.9. The molecule has 0 aliphatic heterocycles. The Morgan fingerprint density at radius 2 is 1.58 bits per heavy atom. The largest absolute Gasteiger partial charge is 0.478 e. The zero-order valence-corrected chi connectivity index (χ0v) is 17.1. The van der Waals surface area contributed by atoms with Gasteiger partial charge in [-0.25, -0.2) is 14.4 Å². The van der Waals surface area contributed by atoms with Gasteiger partial charge in [-0.15, -0.1) is 0 Å². The van der Waals surface area contributed by atoms with E-state index in [4.69, 9.17) is 4.74 Å². The third kappa shape index (κ3) is 4.37. The molecule has 31 heavy (non-hydrogen) atoms. The van der Waals surface area contributed by atoms with Gasteiger partial charge in [0.25, 0.3) is 0 Å². The summed E-state index contributed by atoms with van der Waals surface area (Å²) < 4.78 is 6.54. The number of nitrogens with zero attached hydrogens (tertiary/aromatic N) is 2. The summed E-state index contributed by atoms with van der Waals surface area (Å²) in [6, 6.07) is 12.6. The molecule has 8 nitrogen and oxygen atoms in total. The Kier molecular flexibility index (Phi) is 6.01. The molecule has 158 valence electrons. The predicted octanol–water partition coefficient (Wildman–Crippen LogP) is 4.03. The van der Waals surface area contributed by atoms with Crippen molar-refractivity contribution in [2.75, 3.05) is 7.11 Å². The minimum absolute atomic E-state index is 0.121. The lowest BCUT2D eigenvalue weighted by Crippen LogP contribution is -2.07. The van der Waals surface area contributed by atoms with Crippen LogP contribution in [-0.4, -0.2) is 46.0 Å². The number of aromatic carboxylic acids is 2. The summed E-state index contributed by atoms with van der Waals surface area (Å²) in [4.78, 5) is 39.2. The molecule has 0 saturated heterocycles. The Balaban J connectivity index is 2.07. The van der Waals surface area contributed by atoms with Gasteiger partial charge in [0.2, 0.25) is 0 Å². The van der Waals surface area contributed by atoms with Crippen LogP contribution in [0.25, 0.3) is 5.69 Å². The van der Waals surface area contributed by atoms with E-state index < -0.39 is 17.9 Å². The lowest BCUT2D eigenvalue weighted by atomic mass is 10.1. The maximum Gasteiger partial charge on any atom is 0.340 e. The zero-order chi connectivity index (χ0) is 22.7. The number of methoxy groups -OCH3 is 1. The van der Waals surface area contributed by atoms with E-state index in [9.17, 15) is 24.6 Å². The number of carbonyl (C=O) groups is 3.